The van der Waals surface area contributed by atoms with E-state index in [1.807, 2.05) is 25.1 Å². The highest BCUT2D eigenvalue weighted by Crippen LogP contribution is 2.38. The summed E-state index contributed by atoms with van der Waals surface area (Å²) in [5.74, 6) is 0.144. The Morgan fingerprint density at radius 2 is 2.18 bits per heavy atom. The number of benzene rings is 1. The van der Waals surface area contributed by atoms with Gasteiger partial charge in [-0.3, -0.25) is 4.79 Å². The molecule has 0 unspecified atom stereocenters. The maximum absolute atomic E-state index is 12.4. The van der Waals surface area contributed by atoms with E-state index in [9.17, 15) is 10.1 Å². The Labute approximate surface area is 172 Å². The summed E-state index contributed by atoms with van der Waals surface area (Å²) in [6, 6.07) is 12.5. The number of thiophene rings is 1. The van der Waals surface area contributed by atoms with Crippen molar-refractivity contribution < 1.29 is 4.79 Å². The van der Waals surface area contributed by atoms with Crippen LogP contribution in [-0.2, 0) is 24.1 Å². The van der Waals surface area contributed by atoms with Crippen molar-refractivity contribution in [3.05, 3.63) is 63.3 Å². The number of thioether (sulfide) groups is 1. The molecular formula is C21H20N4OS2. The number of aromatic amines is 1. The van der Waals surface area contributed by atoms with Gasteiger partial charge in [0.15, 0.2) is 5.16 Å². The van der Waals surface area contributed by atoms with Crippen molar-refractivity contribution in [2.24, 2.45) is 0 Å². The van der Waals surface area contributed by atoms with E-state index in [2.05, 4.69) is 33.5 Å². The van der Waals surface area contributed by atoms with E-state index in [1.54, 1.807) is 11.3 Å². The quantitative estimate of drug-likeness (QED) is 0.590. The molecule has 2 N–H and O–H groups in total. The fourth-order valence-corrected chi connectivity index (χ4v) is 5.40. The van der Waals surface area contributed by atoms with Crippen molar-refractivity contribution in [3.8, 4) is 6.07 Å². The SMILES string of the molecule is Cc1[nH]c(SCC(=O)Nc2sc3c(c2C#N)CCC3)nc1Cc1ccccc1. The van der Waals surface area contributed by atoms with E-state index in [0.717, 1.165) is 47.8 Å². The minimum absolute atomic E-state index is 0.111. The third kappa shape index (κ3) is 3.98. The van der Waals surface area contributed by atoms with E-state index in [1.165, 1.54) is 22.2 Å². The second kappa shape index (κ2) is 8.21. The summed E-state index contributed by atoms with van der Waals surface area (Å²) in [4.78, 5) is 21.5. The fourth-order valence-electron chi connectivity index (χ4n) is 3.40. The van der Waals surface area contributed by atoms with Crippen LogP contribution in [-0.4, -0.2) is 21.6 Å². The average molecular weight is 409 g/mol. The Morgan fingerprint density at radius 1 is 1.36 bits per heavy atom. The number of carbonyl (C=O) groups excluding carboxylic acids is 1. The molecule has 0 saturated heterocycles. The van der Waals surface area contributed by atoms with Gasteiger partial charge in [-0.15, -0.1) is 11.3 Å². The normalized spacial score (nSPS) is 12.6. The Bertz CT molecular complexity index is 1050. The van der Waals surface area contributed by atoms with Gasteiger partial charge in [0.2, 0.25) is 5.91 Å². The predicted octanol–water partition coefficient (Wildman–Crippen LogP) is 4.46. The molecule has 4 rings (SSSR count). The summed E-state index contributed by atoms with van der Waals surface area (Å²) in [6.45, 7) is 2.00. The highest BCUT2D eigenvalue weighted by atomic mass is 32.2. The number of H-pyrrole nitrogens is 1. The summed E-state index contributed by atoms with van der Waals surface area (Å²) in [6.07, 6.45) is 3.82. The first-order valence-corrected chi connectivity index (χ1v) is 11.0. The molecule has 0 aliphatic heterocycles. The zero-order valence-electron chi connectivity index (χ0n) is 15.5. The summed E-state index contributed by atoms with van der Waals surface area (Å²) >= 11 is 2.92. The van der Waals surface area contributed by atoms with Crippen LogP contribution < -0.4 is 5.32 Å². The molecule has 0 saturated carbocycles. The van der Waals surface area contributed by atoms with Crippen LogP contribution in [0.3, 0.4) is 0 Å². The largest absolute Gasteiger partial charge is 0.337 e. The van der Waals surface area contributed by atoms with Gasteiger partial charge in [0, 0.05) is 17.0 Å². The van der Waals surface area contributed by atoms with Crippen LogP contribution in [0.15, 0.2) is 35.5 Å². The number of hydrogen-bond acceptors (Lipinski definition) is 5. The number of rotatable bonds is 6. The van der Waals surface area contributed by atoms with Gasteiger partial charge in [-0.1, -0.05) is 42.1 Å². The van der Waals surface area contributed by atoms with Gasteiger partial charge in [-0.25, -0.2) is 4.98 Å². The number of carbonyl (C=O) groups is 1. The van der Waals surface area contributed by atoms with Crippen LogP contribution in [0.25, 0.3) is 0 Å². The van der Waals surface area contributed by atoms with E-state index in [0.29, 0.717) is 10.6 Å². The number of hydrogen-bond donors (Lipinski definition) is 2. The lowest BCUT2D eigenvalue weighted by Crippen LogP contribution is -2.14. The van der Waals surface area contributed by atoms with E-state index in [-0.39, 0.29) is 11.7 Å². The average Bonchev–Trinajstić information content (AvgIpc) is 3.36. The Kier molecular flexibility index (Phi) is 5.51. The van der Waals surface area contributed by atoms with Gasteiger partial charge >= 0.3 is 0 Å². The first-order chi connectivity index (χ1) is 13.6. The summed E-state index contributed by atoms with van der Waals surface area (Å²) in [7, 11) is 0. The molecule has 3 aromatic rings. The lowest BCUT2D eigenvalue weighted by atomic mass is 10.1. The summed E-state index contributed by atoms with van der Waals surface area (Å²) < 4.78 is 0. The zero-order chi connectivity index (χ0) is 19.5. The molecule has 1 amide bonds. The van der Waals surface area contributed by atoms with Crippen LogP contribution in [0, 0.1) is 18.3 Å². The van der Waals surface area contributed by atoms with Crippen LogP contribution in [0.1, 0.15) is 39.4 Å². The molecule has 2 aromatic heterocycles. The molecule has 7 heteroatoms. The Hall–Kier alpha value is -2.56. The minimum Gasteiger partial charge on any atom is -0.337 e. The van der Waals surface area contributed by atoms with E-state index >= 15 is 0 Å². The standard InChI is InChI=1S/C21H20N4OS2/c1-13-17(10-14-6-3-2-4-7-14)24-21(23-13)27-12-19(26)25-20-16(11-22)15-8-5-9-18(15)28-20/h2-4,6-7H,5,8-10,12H2,1H3,(H,23,24)(H,25,26). The number of anilines is 1. The van der Waals surface area contributed by atoms with Crippen molar-refractivity contribution in [1.29, 1.82) is 5.26 Å². The highest BCUT2D eigenvalue weighted by molar-refractivity contribution is 7.99. The molecular weight excluding hydrogens is 388 g/mol. The third-order valence-electron chi connectivity index (χ3n) is 4.80. The lowest BCUT2D eigenvalue weighted by Gasteiger charge is -2.03. The minimum atomic E-state index is -0.111. The zero-order valence-corrected chi connectivity index (χ0v) is 17.2. The number of fused-ring (bicyclic) bond motifs is 1. The van der Waals surface area contributed by atoms with Crippen molar-refractivity contribution in [3.63, 3.8) is 0 Å². The number of amides is 1. The van der Waals surface area contributed by atoms with Gasteiger partial charge in [0.1, 0.15) is 11.1 Å². The number of nitriles is 1. The fraction of sp³-hybridized carbons (Fsp3) is 0.286. The van der Waals surface area contributed by atoms with Crippen molar-refractivity contribution in [2.45, 2.75) is 37.8 Å². The molecule has 28 heavy (non-hydrogen) atoms. The summed E-state index contributed by atoms with van der Waals surface area (Å²) in [5.41, 5.74) is 5.00. The van der Waals surface area contributed by atoms with Gasteiger partial charge < -0.3 is 10.3 Å². The van der Waals surface area contributed by atoms with Crippen LogP contribution in [0.2, 0.25) is 0 Å². The third-order valence-corrected chi connectivity index (χ3v) is 6.88. The van der Waals surface area contributed by atoms with E-state index in [4.69, 9.17) is 0 Å². The molecule has 0 spiro atoms. The number of nitrogens with one attached hydrogen (secondary N) is 2. The smallest absolute Gasteiger partial charge is 0.235 e. The first kappa shape index (κ1) is 18.8. The molecule has 0 atom stereocenters. The molecule has 1 aliphatic carbocycles. The van der Waals surface area contributed by atoms with Crippen molar-refractivity contribution in [2.75, 3.05) is 11.1 Å². The van der Waals surface area contributed by atoms with E-state index < -0.39 is 0 Å². The first-order valence-electron chi connectivity index (χ1n) is 9.20. The molecule has 5 nitrogen and oxygen atoms in total. The molecule has 1 aliphatic rings. The maximum Gasteiger partial charge on any atom is 0.235 e. The van der Waals surface area contributed by atoms with Crippen molar-refractivity contribution >= 4 is 34.0 Å². The molecule has 1 aromatic carbocycles. The molecule has 2 heterocycles. The highest BCUT2D eigenvalue weighted by Gasteiger charge is 2.23. The number of nitrogens with zero attached hydrogens (tertiary/aromatic N) is 2. The number of aryl methyl sites for hydroxylation is 2. The van der Waals surface area contributed by atoms with Crippen LogP contribution in [0.5, 0.6) is 0 Å². The topological polar surface area (TPSA) is 81.6 Å². The van der Waals surface area contributed by atoms with Gasteiger partial charge in [0.05, 0.1) is 17.0 Å². The Morgan fingerprint density at radius 3 is 2.96 bits per heavy atom. The van der Waals surface area contributed by atoms with Crippen molar-refractivity contribution in [1.82, 2.24) is 9.97 Å². The molecule has 142 valence electrons. The second-order valence-corrected chi connectivity index (χ2v) is 8.86. The Balaban J connectivity index is 1.37. The molecule has 0 bridgehead atoms. The van der Waals surface area contributed by atoms with Gasteiger partial charge in [-0.05, 0) is 37.3 Å². The predicted molar refractivity (Wildman–Crippen MR) is 113 cm³/mol. The number of aromatic nitrogens is 2. The summed E-state index contributed by atoms with van der Waals surface area (Å²) in [5, 5.41) is 13.8. The lowest BCUT2D eigenvalue weighted by molar-refractivity contribution is -0.113. The number of imidazole rings is 1. The van der Waals surface area contributed by atoms with Gasteiger partial charge in [-0.2, -0.15) is 5.26 Å². The monoisotopic (exact) mass is 408 g/mol. The second-order valence-electron chi connectivity index (χ2n) is 6.79. The van der Waals surface area contributed by atoms with Crippen LogP contribution >= 0.6 is 23.1 Å². The molecule has 0 radical (unpaired) electrons. The maximum atomic E-state index is 12.4. The van der Waals surface area contributed by atoms with Crippen LogP contribution in [0.4, 0.5) is 5.00 Å². The molecule has 0 fully saturated rings. The van der Waals surface area contributed by atoms with Gasteiger partial charge in [0.25, 0.3) is 0 Å².